The van der Waals surface area contributed by atoms with E-state index in [0.717, 1.165) is 51.1 Å². The third kappa shape index (κ3) is 5.67. The third-order valence-electron chi connectivity index (χ3n) is 6.12. The van der Waals surface area contributed by atoms with Crippen molar-refractivity contribution in [3.63, 3.8) is 0 Å². The van der Waals surface area contributed by atoms with E-state index < -0.39 is 0 Å². The van der Waals surface area contributed by atoms with E-state index in [1.165, 1.54) is 0 Å². The first kappa shape index (κ1) is 21.4. The van der Waals surface area contributed by atoms with Gasteiger partial charge < -0.3 is 24.3 Å². The Labute approximate surface area is 183 Å². The highest BCUT2D eigenvalue weighted by atomic mass is 16.5. The van der Waals surface area contributed by atoms with Gasteiger partial charge in [0.1, 0.15) is 5.76 Å². The van der Waals surface area contributed by atoms with Crippen molar-refractivity contribution in [2.75, 3.05) is 31.6 Å². The van der Waals surface area contributed by atoms with Gasteiger partial charge in [0.25, 0.3) is 5.91 Å². The molecule has 3 heterocycles. The second kappa shape index (κ2) is 10.0. The van der Waals surface area contributed by atoms with Crippen LogP contribution in [-0.4, -0.2) is 54.1 Å². The number of furan rings is 1. The number of nitrogens with one attached hydrogen (secondary N) is 1. The van der Waals surface area contributed by atoms with Crippen LogP contribution in [0.25, 0.3) is 0 Å². The van der Waals surface area contributed by atoms with Crippen molar-refractivity contribution in [1.82, 2.24) is 9.80 Å². The summed E-state index contributed by atoms with van der Waals surface area (Å²) in [5, 5.41) is 2.94. The van der Waals surface area contributed by atoms with Gasteiger partial charge in [-0.05, 0) is 68.0 Å². The number of hydrogen-bond donors (Lipinski definition) is 1. The number of likely N-dealkylation sites (tertiary alicyclic amines) is 1. The number of ether oxygens (including phenoxy) is 1. The summed E-state index contributed by atoms with van der Waals surface area (Å²) in [7, 11) is 0. The van der Waals surface area contributed by atoms with E-state index in [0.29, 0.717) is 30.3 Å². The van der Waals surface area contributed by atoms with E-state index in [-0.39, 0.29) is 18.0 Å². The molecule has 4 rings (SSSR count). The summed E-state index contributed by atoms with van der Waals surface area (Å²) < 4.78 is 11.1. The molecule has 7 heteroatoms. The summed E-state index contributed by atoms with van der Waals surface area (Å²) >= 11 is 0. The number of hydrogen-bond acceptors (Lipinski definition) is 4. The zero-order chi connectivity index (χ0) is 21.6. The van der Waals surface area contributed by atoms with Gasteiger partial charge >= 0.3 is 6.03 Å². The molecule has 2 aliphatic heterocycles. The van der Waals surface area contributed by atoms with Crippen molar-refractivity contribution in [2.24, 2.45) is 5.92 Å². The van der Waals surface area contributed by atoms with E-state index in [9.17, 15) is 9.59 Å². The molecule has 1 aromatic heterocycles. The lowest BCUT2D eigenvalue weighted by molar-refractivity contribution is 0.0697. The predicted octanol–water partition coefficient (Wildman–Crippen LogP) is 4.36. The molecule has 2 aromatic rings. The lowest BCUT2D eigenvalue weighted by atomic mass is 9.98. The van der Waals surface area contributed by atoms with Gasteiger partial charge in [0, 0.05) is 37.5 Å². The molecule has 3 amide bonds. The molecule has 0 bridgehead atoms. The van der Waals surface area contributed by atoms with Gasteiger partial charge in [-0.3, -0.25) is 4.79 Å². The molecule has 2 saturated heterocycles. The summed E-state index contributed by atoms with van der Waals surface area (Å²) in [6.45, 7) is 5.48. The van der Waals surface area contributed by atoms with Crippen LogP contribution in [-0.2, 0) is 11.3 Å². The summed E-state index contributed by atoms with van der Waals surface area (Å²) in [6, 6.07) is 10.6. The van der Waals surface area contributed by atoms with Gasteiger partial charge in [-0.25, -0.2) is 4.79 Å². The normalized spacial score (nSPS) is 19.4. The largest absolute Gasteiger partial charge is 0.467 e. The van der Waals surface area contributed by atoms with Gasteiger partial charge in [-0.2, -0.15) is 0 Å². The van der Waals surface area contributed by atoms with Crippen LogP contribution in [0.2, 0.25) is 0 Å². The fourth-order valence-electron chi connectivity index (χ4n) is 4.14. The SMILES string of the molecule is CC1CCN(C(=O)c2ccc(NC(=O)N(Cc3ccco3)CC3CCCO3)cc2)CC1. The molecule has 2 aliphatic rings. The summed E-state index contributed by atoms with van der Waals surface area (Å²) in [5.41, 5.74) is 1.31. The number of piperidine rings is 1. The molecular weight excluding hydrogens is 394 g/mol. The van der Waals surface area contributed by atoms with Crippen LogP contribution in [0.1, 0.15) is 48.7 Å². The molecule has 0 radical (unpaired) electrons. The Morgan fingerprint density at radius 3 is 2.55 bits per heavy atom. The Hall–Kier alpha value is -2.80. The number of urea groups is 1. The Kier molecular flexibility index (Phi) is 6.92. The predicted molar refractivity (Wildman–Crippen MR) is 118 cm³/mol. The number of carbonyl (C=O) groups is 2. The smallest absolute Gasteiger partial charge is 0.322 e. The highest BCUT2D eigenvalue weighted by Gasteiger charge is 2.24. The first-order chi connectivity index (χ1) is 15.1. The molecule has 31 heavy (non-hydrogen) atoms. The van der Waals surface area contributed by atoms with Gasteiger partial charge in [-0.15, -0.1) is 0 Å². The monoisotopic (exact) mass is 425 g/mol. The van der Waals surface area contributed by atoms with Crippen molar-refractivity contribution in [3.05, 3.63) is 54.0 Å². The Morgan fingerprint density at radius 2 is 1.90 bits per heavy atom. The van der Waals surface area contributed by atoms with Crippen LogP contribution < -0.4 is 5.32 Å². The average molecular weight is 426 g/mol. The number of rotatable bonds is 6. The lowest BCUT2D eigenvalue weighted by Gasteiger charge is -2.30. The molecule has 2 fully saturated rings. The quantitative estimate of drug-likeness (QED) is 0.746. The van der Waals surface area contributed by atoms with Crippen molar-refractivity contribution < 1.29 is 18.7 Å². The van der Waals surface area contributed by atoms with Crippen molar-refractivity contribution in [1.29, 1.82) is 0 Å². The zero-order valence-electron chi connectivity index (χ0n) is 18.1. The van der Waals surface area contributed by atoms with Gasteiger partial charge in [-0.1, -0.05) is 6.92 Å². The van der Waals surface area contributed by atoms with E-state index in [2.05, 4.69) is 12.2 Å². The minimum absolute atomic E-state index is 0.0490. The number of amides is 3. The van der Waals surface area contributed by atoms with Crippen LogP contribution in [0.15, 0.2) is 47.1 Å². The van der Waals surface area contributed by atoms with E-state index in [1.54, 1.807) is 35.4 Å². The van der Waals surface area contributed by atoms with Gasteiger partial charge in [0.15, 0.2) is 0 Å². The molecule has 1 N–H and O–H groups in total. The maximum Gasteiger partial charge on any atom is 0.322 e. The standard InChI is InChI=1S/C24H31N3O4/c1-18-10-12-26(13-11-18)23(28)19-6-8-20(9-7-19)25-24(29)27(16-21-4-2-14-30-21)17-22-5-3-15-31-22/h2,4,6-9,14,18,22H,3,5,10-13,15-17H2,1H3,(H,25,29). The number of carbonyl (C=O) groups excluding carboxylic acids is 2. The summed E-state index contributed by atoms with van der Waals surface area (Å²) in [4.78, 5) is 29.3. The van der Waals surface area contributed by atoms with Crippen molar-refractivity contribution in [2.45, 2.75) is 45.3 Å². The van der Waals surface area contributed by atoms with Crippen LogP contribution in [0.5, 0.6) is 0 Å². The fraction of sp³-hybridized carbons (Fsp3) is 0.500. The Balaban J connectivity index is 1.37. The van der Waals surface area contributed by atoms with Crippen LogP contribution >= 0.6 is 0 Å². The number of anilines is 1. The number of nitrogens with zero attached hydrogens (tertiary/aromatic N) is 2. The molecule has 7 nitrogen and oxygen atoms in total. The zero-order valence-corrected chi connectivity index (χ0v) is 18.1. The molecule has 1 aromatic carbocycles. The highest BCUT2D eigenvalue weighted by Crippen LogP contribution is 2.20. The van der Waals surface area contributed by atoms with E-state index >= 15 is 0 Å². The highest BCUT2D eigenvalue weighted by molar-refractivity contribution is 5.95. The average Bonchev–Trinajstić information content (AvgIpc) is 3.48. The van der Waals surface area contributed by atoms with Gasteiger partial charge in [0.05, 0.1) is 18.9 Å². The number of benzene rings is 1. The summed E-state index contributed by atoms with van der Waals surface area (Å²) in [6.07, 6.45) is 5.73. The molecule has 1 atom stereocenters. The minimum atomic E-state index is -0.212. The van der Waals surface area contributed by atoms with Crippen LogP contribution in [0.4, 0.5) is 10.5 Å². The second-order valence-electron chi connectivity index (χ2n) is 8.58. The van der Waals surface area contributed by atoms with E-state index in [1.807, 2.05) is 17.0 Å². The van der Waals surface area contributed by atoms with Crippen LogP contribution in [0, 0.1) is 5.92 Å². The fourth-order valence-corrected chi connectivity index (χ4v) is 4.14. The lowest BCUT2D eigenvalue weighted by Crippen LogP contribution is -2.39. The van der Waals surface area contributed by atoms with Crippen LogP contribution in [0.3, 0.4) is 0 Å². The van der Waals surface area contributed by atoms with E-state index in [4.69, 9.17) is 9.15 Å². The van der Waals surface area contributed by atoms with Crippen molar-refractivity contribution >= 4 is 17.6 Å². The molecule has 1 unspecified atom stereocenters. The first-order valence-electron chi connectivity index (χ1n) is 11.2. The molecular formula is C24H31N3O4. The maximum absolute atomic E-state index is 13.0. The molecule has 0 saturated carbocycles. The molecule has 0 aliphatic carbocycles. The van der Waals surface area contributed by atoms with Gasteiger partial charge in [0.2, 0.25) is 0 Å². The topological polar surface area (TPSA) is 75.0 Å². The summed E-state index contributed by atoms with van der Waals surface area (Å²) in [5.74, 6) is 1.47. The first-order valence-corrected chi connectivity index (χ1v) is 11.2. The third-order valence-corrected chi connectivity index (χ3v) is 6.12. The molecule has 166 valence electrons. The van der Waals surface area contributed by atoms with Crippen molar-refractivity contribution in [3.8, 4) is 0 Å². The maximum atomic E-state index is 13.0. The second-order valence-corrected chi connectivity index (χ2v) is 8.58. The molecule has 0 spiro atoms. The Bertz CT molecular complexity index is 851. The Morgan fingerprint density at radius 1 is 1.13 bits per heavy atom. The minimum Gasteiger partial charge on any atom is -0.467 e.